The lowest BCUT2D eigenvalue weighted by molar-refractivity contribution is 0.156. The normalized spacial score (nSPS) is 26.1. The SMILES string of the molecule is COc1ncnc2c1[nH]c(=S)n2C1CCN2CCCC2C1. The maximum absolute atomic E-state index is 5.53. The third-order valence-electron chi connectivity index (χ3n) is 4.82. The summed E-state index contributed by atoms with van der Waals surface area (Å²) in [5.41, 5.74) is 1.67. The van der Waals surface area contributed by atoms with E-state index in [9.17, 15) is 0 Å². The molecule has 2 aromatic heterocycles. The van der Waals surface area contributed by atoms with Crippen molar-refractivity contribution in [3.63, 3.8) is 0 Å². The number of hydrogen-bond donors (Lipinski definition) is 1. The Bertz CT molecular complexity index is 724. The Labute approximate surface area is 128 Å². The number of nitrogens with one attached hydrogen (secondary N) is 1. The number of piperidine rings is 1. The molecule has 7 heteroatoms. The van der Waals surface area contributed by atoms with Crippen LogP contribution in [0, 0.1) is 4.77 Å². The maximum Gasteiger partial charge on any atom is 0.242 e. The number of fused-ring (bicyclic) bond motifs is 2. The number of methoxy groups -OCH3 is 1. The summed E-state index contributed by atoms with van der Waals surface area (Å²) in [6, 6.07) is 1.13. The van der Waals surface area contributed by atoms with Crippen molar-refractivity contribution in [3.05, 3.63) is 11.1 Å². The Hall–Kier alpha value is -1.47. The van der Waals surface area contributed by atoms with Crippen molar-refractivity contribution in [1.82, 2.24) is 24.4 Å². The number of nitrogens with zero attached hydrogens (tertiary/aromatic N) is 4. The summed E-state index contributed by atoms with van der Waals surface area (Å²) in [4.78, 5) is 14.4. The van der Waals surface area contributed by atoms with Gasteiger partial charge in [-0.15, -0.1) is 0 Å². The molecule has 2 aromatic rings. The third-order valence-corrected chi connectivity index (χ3v) is 5.12. The molecule has 2 fully saturated rings. The standard InChI is InChI=1S/C14H19N5OS/c1-20-13-11-12(15-8-16-13)19(14(21)17-11)10-4-6-18-5-2-3-9(18)7-10/h8-10H,2-7H2,1H3,(H,17,21). The largest absolute Gasteiger partial charge is 0.479 e. The topological polar surface area (TPSA) is 59.0 Å². The molecule has 4 heterocycles. The zero-order chi connectivity index (χ0) is 14.4. The zero-order valence-corrected chi connectivity index (χ0v) is 12.9. The second kappa shape index (κ2) is 5.06. The molecule has 2 saturated heterocycles. The van der Waals surface area contributed by atoms with Gasteiger partial charge in [0.15, 0.2) is 10.4 Å². The first kappa shape index (κ1) is 13.2. The molecule has 21 heavy (non-hydrogen) atoms. The lowest BCUT2D eigenvalue weighted by Gasteiger charge is -2.35. The fourth-order valence-electron chi connectivity index (χ4n) is 3.85. The van der Waals surface area contributed by atoms with Crippen LogP contribution in [-0.2, 0) is 0 Å². The average molecular weight is 305 g/mol. The van der Waals surface area contributed by atoms with Crippen molar-refractivity contribution in [1.29, 1.82) is 0 Å². The molecule has 112 valence electrons. The lowest BCUT2D eigenvalue weighted by Crippen LogP contribution is -2.38. The Morgan fingerprint density at radius 2 is 2.19 bits per heavy atom. The first-order valence-electron chi connectivity index (χ1n) is 7.51. The van der Waals surface area contributed by atoms with Crippen LogP contribution < -0.4 is 4.74 Å². The molecule has 2 atom stereocenters. The molecular formula is C14H19N5OS. The number of H-pyrrole nitrogens is 1. The Morgan fingerprint density at radius 1 is 1.29 bits per heavy atom. The van der Waals surface area contributed by atoms with E-state index < -0.39 is 0 Å². The van der Waals surface area contributed by atoms with Crippen LogP contribution in [0.25, 0.3) is 11.2 Å². The highest BCUT2D eigenvalue weighted by Gasteiger charge is 2.33. The van der Waals surface area contributed by atoms with E-state index in [-0.39, 0.29) is 0 Å². The minimum atomic E-state index is 0.421. The predicted molar refractivity (Wildman–Crippen MR) is 82.1 cm³/mol. The number of aromatic amines is 1. The van der Waals surface area contributed by atoms with Crippen LogP contribution in [0.4, 0.5) is 0 Å². The van der Waals surface area contributed by atoms with Gasteiger partial charge >= 0.3 is 0 Å². The van der Waals surface area contributed by atoms with Crippen LogP contribution in [0.3, 0.4) is 0 Å². The fourth-order valence-corrected chi connectivity index (χ4v) is 4.18. The van der Waals surface area contributed by atoms with Crippen LogP contribution >= 0.6 is 12.2 Å². The molecule has 0 saturated carbocycles. The van der Waals surface area contributed by atoms with Crippen LogP contribution in [0.15, 0.2) is 6.33 Å². The van der Waals surface area contributed by atoms with Gasteiger partial charge in [0.2, 0.25) is 5.88 Å². The van der Waals surface area contributed by atoms with E-state index >= 15 is 0 Å². The summed E-state index contributed by atoms with van der Waals surface area (Å²) in [6.45, 7) is 2.42. The maximum atomic E-state index is 5.53. The molecule has 0 aromatic carbocycles. The average Bonchev–Trinajstić information content (AvgIpc) is 3.08. The molecule has 2 aliphatic heterocycles. The number of hydrogen-bond acceptors (Lipinski definition) is 5. The minimum Gasteiger partial charge on any atom is -0.479 e. The van der Waals surface area contributed by atoms with Gasteiger partial charge in [0.05, 0.1) is 7.11 Å². The molecule has 2 unspecified atom stereocenters. The molecular weight excluding hydrogens is 286 g/mol. The summed E-state index contributed by atoms with van der Waals surface area (Å²) >= 11 is 5.53. The molecule has 0 radical (unpaired) electrons. The summed E-state index contributed by atoms with van der Waals surface area (Å²) in [7, 11) is 1.62. The second-order valence-electron chi connectivity index (χ2n) is 5.89. The van der Waals surface area contributed by atoms with Crippen molar-refractivity contribution in [2.24, 2.45) is 0 Å². The van der Waals surface area contributed by atoms with Gasteiger partial charge in [-0.1, -0.05) is 0 Å². The molecule has 0 bridgehead atoms. The number of aromatic nitrogens is 4. The van der Waals surface area contributed by atoms with Crippen molar-refractivity contribution in [2.75, 3.05) is 20.2 Å². The fraction of sp³-hybridized carbons (Fsp3) is 0.643. The van der Waals surface area contributed by atoms with Crippen LogP contribution in [0.1, 0.15) is 31.7 Å². The molecule has 1 N–H and O–H groups in total. The number of rotatable bonds is 2. The van der Waals surface area contributed by atoms with E-state index in [1.807, 2.05) is 0 Å². The molecule has 2 aliphatic rings. The van der Waals surface area contributed by atoms with E-state index in [0.29, 0.717) is 18.0 Å². The van der Waals surface area contributed by atoms with Crippen LogP contribution in [0.2, 0.25) is 0 Å². The zero-order valence-electron chi connectivity index (χ0n) is 12.1. The molecule has 0 amide bonds. The lowest BCUT2D eigenvalue weighted by atomic mass is 9.97. The highest BCUT2D eigenvalue weighted by atomic mass is 32.1. The molecule has 0 aliphatic carbocycles. The van der Waals surface area contributed by atoms with Crippen LogP contribution in [0.5, 0.6) is 5.88 Å². The van der Waals surface area contributed by atoms with Crippen molar-refractivity contribution < 1.29 is 4.74 Å². The van der Waals surface area contributed by atoms with Crippen molar-refractivity contribution >= 4 is 23.4 Å². The quantitative estimate of drug-likeness (QED) is 0.863. The summed E-state index contributed by atoms with van der Waals surface area (Å²) < 4.78 is 8.20. The minimum absolute atomic E-state index is 0.421. The monoisotopic (exact) mass is 305 g/mol. The molecule has 4 rings (SSSR count). The Kier molecular flexibility index (Phi) is 3.19. The second-order valence-corrected chi connectivity index (χ2v) is 6.28. The van der Waals surface area contributed by atoms with Gasteiger partial charge in [-0.2, -0.15) is 4.98 Å². The summed E-state index contributed by atoms with van der Waals surface area (Å²) in [6.07, 6.45) is 6.47. The summed E-state index contributed by atoms with van der Waals surface area (Å²) in [5.74, 6) is 0.558. The number of imidazole rings is 1. The van der Waals surface area contributed by atoms with Gasteiger partial charge in [0.1, 0.15) is 11.8 Å². The van der Waals surface area contributed by atoms with E-state index in [1.54, 1.807) is 13.4 Å². The predicted octanol–water partition coefficient (Wildman–Crippen LogP) is 2.30. The van der Waals surface area contributed by atoms with Gasteiger partial charge < -0.3 is 14.6 Å². The van der Waals surface area contributed by atoms with Crippen molar-refractivity contribution in [2.45, 2.75) is 37.8 Å². The number of ether oxygens (including phenoxy) is 1. The van der Waals surface area contributed by atoms with E-state index in [4.69, 9.17) is 17.0 Å². The van der Waals surface area contributed by atoms with E-state index in [2.05, 4.69) is 24.4 Å². The highest BCUT2D eigenvalue weighted by molar-refractivity contribution is 7.71. The van der Waals surface area contributed by atoms with Gasteiger partial charge in [0.25, 0.3) is 0 Å². The highest BCUT2D eigenvalue weighted by Crippen LogP contribution is 2.35. The Morgan fingerprint density at radius 3 is 3.05 bits per heavy atom. The van der Waals surface area contributed by atoms with Gasteiger partial charge in [-0.25, -0.2) is 4.98 Å². The molecule has 6 nitrogen and oxygen atoms in total. The first-order chi connectivity index (χ1) is 10.3. The summed E-state index contributed by atoms with van der Waals surface area (Å²) in [5, 5.41) is 0. The van der Waals surface area contributed by atoms with Gasteiger partial charge in [0, 0.05) is 18.6 Å². The third kappa shape index (κ3) is 2.06. The first-order valence-corrected chi connectivity index (χ1v) is 7.92. The van der Waals surface area contributed by atoms with Crippen molar-refractivity contribution in [3.8, 4) is 5.88 Å². The smallest absolute Gasteiger partial charge is 0.242 e. The molecule has 0 spiro atoms. The van der Waals surface area contributed by atoms with Crippen LogP contribution in [-0.4, -0.2) is 50.7 Å². The Balaban J connectivity index is 1.76. The van der Waals surface area contributed by atoms with Gasteiger partial charge in [-0.05, 0) is 44.4 Å². The van der Waals surface area contributed by atoms with E-state index in [0.717, 1.165) is 35.3 Å². The van der Waals surface area contributed by atoms with Gasteiger partial charge in [-0.3, -0.25) is 4.57 Å². The van der Waals surface area contributed by atoms with E-state index in [1.165, 1.54) is 19.4 Å².